The van der Waals surface area contributed by atoms with Gasteiger partial charge in [-0.2, -0.15) is 0 Å². The molecule has 0 aliphatic rings. The molecule has 3 rings (SSSR count). The molecule has 0 spiro atoms. The number of benzene rings is 1. The molecule has 0 atom stereocenters. The van der Waals surface area contributed by atoms with Gasteiger partial charge in [0.05, 0.1) is 0 Å². The highest BCUT2D eigenvalue weighted by molar-refractivity contribution is 9.10. The maximum absolute atomic E-state index is 6.02. The van der Waals surface area contributed by atoms with E-state index in [9.17, 15) is 0 Å². The van der Waals surface area contributed by atoms with Gasteiger partial charge in [0, 0.05) is 21.9 Å². The van der Waals surface area contributed by atoms with Crippen molar-refractivity contribution in [2.45, 2.75) is 6.92 Å². The molecule has 4 nitrogen and oxygen atoms in total. The molecule has 0 aliphatic heterocycles. The molecular formula is C13H11BrN4. The summed E-state index contributed by atoms with van der Waals surface area (Å²) >= 11 is 3.45. The quantitative estimate of drug-likeness (QED) is 0.703. The molecule has 2 heterocycles. The molecular weight excluding hydrogens is 292 g/mol. The van der Waals surface area contributed by atoms with E-state index in [0.717, 1.165) is 27.1 Å². The number of aromatic nitrogens is 3. The first-order valence-electron chi connectivity index (χ1n) is 5.52. The fourth-order valence-corrected chi connectivity index (χ4v) is 2.25. The van der Waals surface area contributed by atoms with Gasteiger partial charge in [-0.1, -0.05) is 11.6 Å². The molecule has 0 amide bonds. The highest BCUT2D eigenvalue weighted by Gasteiger charge is 2.11. The second-order valence-electron chi connectivity index (χ2n) is 4.19. The van der Waals surface area contributed by atoms with Gasteiger partial charge in [-0.3, -0.25) is 4.40 Å². The summed E-state index contributed by atoms with van der Waals surface area (Å²) in [6.07, 6.45) is 1.94. The Bertz CT molecular complexity index is 733. The lowest BCUT2D eigenvalue weighted by atomic mass is 10.1. The van der Waals surface area contributed by atoms with Gasteiger partial charge in [0.15, 0.2) is 11.5 Å². The van der Waals surface area contributed by atoms with Crippen molar-refractivity contribution in [1.82, 2.24) is 14.6 Å². The molecule has 18 heavy (non-hydrogen) atoms. The Hall–Kier alpha value is -1.88. The molecule has 0 fully saturated rings. The molecule has 0 saturated heterocycles. The zero-order valence-electron chi connectivity index (χ0n) is 9.76. The second-order valence-corrected chi connectivity index (χ2v) is 5.11. The van der Waals surface area contributed by atoms with Crippen LogP contribution in [-0.4, -0.2) is 14.6 Å². The van der Waals surface area contributed by atoms with E-state index in [-0.39, 0.29) is 0 Å². The molecule has 0 aliphatic carbocycles. The number of hydrogen-bond donors (Lipinski definition) is 1. The van der Waals surface area contributed by atoms with Crippen LogP contribution in [0, 0.1) is 6.92 Å². The Balaban J connectivity index is 2.31. The first kappa shape index (κ1) is 11.2. The number of rotatable bonds is 1. The van der Waals surface area contributed by atoms with E-state index in [1.54, 1.807) is 0 Å². The average Bonchev–Trinajstić information content (AvgIpc) is 2.75. The summed E-state index contributed by atoms with van der Waals surface area (Å²) in [7, 11) is 0. The van der Waals surface area contributed by atoms with Crippen molar-refractivity contribution in [3.8, 4) is 11.4 Å². The highest BCUT2D eigenvalue weighted by atomic mass is 79.9. The van der Waals surface area contributed by atoms with Crippen LogP contribution in [0.5, 0.6) is 0 Å². The van der Waals surface area contributed by atoms with Crippen LogP contribution in [0.3, 0.4) is 0 Å². The second kappa shape index (κ2) is 4.10. The van der Waals surface area contributed by atoms with Crippen LogP contribution >= 0.6 is 15.9 Å². The Kier molecular flexibility index (Phi) is 2.56. The maximum Gasteiger partial charge on any atom is 0.170 e. The van der Waals surface area contributed by atoms with Crippen molar-refractivity contribution in [3.63, 3.8) is 0 Å². The average molecular weight is 303 g/mol. The van der Waals surface area contributed by atoms with Gasteiger partial charge in [-0.15, -0.1) is 10.2 Å². The van der Waals surface area contributed by atoms with Gasteiger partial charge in [-0.25, -0.2) is 0 Å². The molecule has 0 bridgehead atoms. The molecule has 0 unspecified atom stereocenters. The normalized spacial score (nSPS) is 11.0. The third kappa shape index (κ3) is 1.76. The minimum absolute atomic E-state index is 0.704. The number of nitrogen functional groups attached to an aromatic ring is 1. The summed E-state index contributed by atoms with van der Waals surface area (Å²) in [6.45, 7) is 2.03. The van der Waals surface area contributed by atoms with E-state index < -0.39 is 0 Å². The van der Waals surface area contributed by atoms with Gasteiger partial charge < -0.3 is 5.73 Å². The lowest BCUT2D eigenvalue weighted by Gasteiger charge is -2.05. The largest absolute Gasteiger partial charge is 0.398 e. The fraction of sp³-hybridized carbons (Fsp3) is 0.0769. The zero-order chi connectivity index (χ0) is 12.7. The standard InChI is InChI=1S/C13H11BrN4/c1-8-2-4-11(15)10(6-8)13-17-16-12-5-3-9(14)7-18(12)13/h2-7H,15H2,1H3. The fourth-order valence-electron chi connectivity index (χ4n) is 1.91. The van der Waals surface area contributed by atoms with E-state index in [1.807, 2.05) is 47.9 Å². The first-order chi connectivity index (χ1) is 8.65. The maximum atomic E-state index is 6.02. The Morgan fingerprint density at radius 2 is 2.00 bits per heavy atom. The third-order valence-electron chi connectivity index (χ3n) is 2.82. The molecule has 2 N–H and O–H groups in total. The van der Waals surface area contributed by atoms with Crippen LogP contribution in [0.25, 0.3) is 17.0 Å². The number of anilines is 1. The smallest absolute Gasteiger partial charge is 0.170 e. The number of pyridine rings is 1. The monoisotopic (exact) mass is 302 g/mol. The SMILES string of the molecule is Cc1ccc(N)c(-c2nnc3ccc(Br)cn23)c1. The van der Waals surface area contributed by atoms with E-state index in [4.69, 9.17) is 5.73 Å². The summed E-state index contributed by atoms with van der Waals surface area (Å²) < 4.78 is 2.90. The lowest BCUT2D eigenvalue weighted by molar-refractivity contribution is 1.11. The number of nitrogens with two attached hydrogens (primary N) is 1. The zero-order valence-corrected chi connectivity index (χ0v) is 11.3. The van der Waals surface area contributed by atoms with Crippen LogP contribution in [-0.2, 0) is 0 Å². The van der Waals surface area contributed by atoms with Gasteiger partial charge in [0.25, 0.3) is 0 Å². The first-order valence-corrected chi connectivity index (χ1v) is 6.31. The van der Waals surface area contributed by atoms with Crippen LogP contribution in [0.15, 0.2) is 41.0 Å². The summed E-state index contributed by atoms with van der Waals surface area (Å²) in [5.41, 5.74) is 9.57. The van der Waals surface area contributed by atoms with Gasteiger partial charge in [0.2, 0.25) is 0 Å². The number of fused-ring (bicyclic) bond motifs is 1. The molecule has 0 saturated carbocycles. The summed E-state index contributed by atoms with van der Waals surface area (Å²) in [4.78, 5) is 0. The van der Waals surface area contributed by atoms with E-state index in [1.165, 1.54) is 0 Å². The van der Waals surface area contributed by atoms with E-state index in [2.05, 4.69) is 26.1 Å². The van der Waals surface area contributed by atoms with E-state index >= 15 is 0 Å². The van der Waals surface area contributed by atoms with Crippen molar-refractivity contribution in [1.29, 1.82) is 0 Å². The molecule has 90 valence electrons. The van der Waals surface area contributed by atoms with Crippen LogP contribution in [0.4, 0.5) is 5.69 Å². The number of nitrogens with zero attached hydrogens (tertiary/aromatic N) is 3. The molecule has 0 radical (unpaired) electrons. The van der Waals surface area contributed by atoms with E-state index in [0.29, 0.717) is 5.69 Å². The number of halogens is 1. The van der Waals surface area contributed by atoms with Crippen molar-refractivity contribution in [2.24, 2.45) is 0 Å². The van der Waals surface area contributed by atoms with Gasteiger partial charge >= 0.3 is 0 Å². The third-order valence-corrected chi connectivity index (χ3v) is 3.29. The van der Waals surface area contributed by atoms with Crippen molar-refractivity contribution in [3.05, 3.63) is 46.6 Å². The number of hydrogen-bond acceptors (Lipinski definition) is 3. The minimum atomic E-state index is 0.704. The van der Waals surface area contributed by atoms with Crippen LogP contribution in [0.2, 0.25) is 0 Å². The van der Waals surface area contributed by atoms with Crippen molar-refractivity contribution in [2.75, 3.05) is 5.73 Å². The molecule has 3 aromatic rings. The van der Waals surface area contributed by atoms with Gasteiger partial charge in [-0.05, 0) is 47.1 Å². The number of aryl methyl sites for hydroxylation is 1. The predicted molar refractivity (Wildman–Crippen MR) is 75.3 cm³/mol. The summed E-state index contributed by atoms with van der Waals surface area (Å²) in [6, 6.07) is 9.74. The van der Waals surface area contributed by atoms with Gasteiger partial charge in [0.1, 0.15) is 0 Å². The minimum Gasteiger partial charge on any atom is -0.398 e. The Morgan fingerprint density at radius 3 is 2.83 bits per heavy atom. The summed E-state index contributed by atoms with van der Waals surface area (Å²) in [5, 5.41) is 8.36. The molecule has 2 aromatic heterocycles. The lowest BCUT2D eigenvalue weighted by Crippen LogP contribution is -1.95. The van der Waals surface area contributed by atoms with Crippen molar-refractivity contribution >= 4 is 27.3 Å². The summed E-state index contributed by atoms with van der Waals surface area (Å²) in [5.74, 6) is 0.757. The highest BCUT2D eigenvalue weighted by Crippen LogP contribution is 2.26. The van der Waals surface area contributed by atoms with Crippen molar-refractivity contribution < 1.29 is 0 Å². The Morgan fingerprint density at radius 1 is 1.17 bits per heavy atom. The van der Waals surface area contributed by atoms with Crippen LogP contribution < -0.4 is 5.73 Å². The molecule has 1 aromatic carbocycles. The Labute approximate surface area is 113 Å². The topological polar surface area (TPSA) is 56.2 Å². The molecule has 5 heteroatoms. The van der Waals surface area contributed by atoms with Crippen LogP contribution in [0.1, 0.15) is 5.56 Å². The predicted octanol–water partition coefficient (Wildman–Crippen LogP) is 3.05.